The van der Waals surface area contributed by atoms with E-state index in [1.54, 1.807) is 0 Å². The van der Waals surface area contributed by atoms with Crippen LogP contribution in [0.3, 0.4) is 0 Å². The smallest absolute Gasteiger partial charge is 0.137 e. The number of imidazole rings is 1. The molecule has 0 aliphatic rings. The molecule has 4 heteroatoms. The lowest BCUT2D eigenvalue weighted by Crippen LogP contribution is -2.07. The molecule has 0 saturated carbocycles. The van der Waals surface area contributed by atoms with Gasteiger partial charge in [0.15, 0.2) is 0 Å². The van der Waals surface area contributed by atoms with Crippen LogP contribution in [0.25, 0.3) is 5.65 Å². The van der Waals surface area contributed by atoms with Gasteiger partial charge in [-0.15, -0.1) is 0 Å². The normalized spacial score (nSPS) is 11.2. The SMILES string of the molecule is Cc1ccn2c(CCN)c(Cc3ccc(Cl)cc3)nc2c1. The minimum atomic E-state index is 0.620. The van der Waals surface area contributed by atoms with Crippen LogP contribution in [-0.2, 0) is 12.8 Å². The van der Waals surface area contributed by atoms with Crippen molar-refractivity contribution in [1.82, 2.24) is 9.38 Å². The third-order valence-electron chi connectivity index (χ3n) is 3.63. The number of nitrogens with zero attached hydrogens (tertiary/aromatic N) is 2. The zero-order chi connectivity index (χ0) is 14.8. The summed E-state index contributed by atoms with van der Waals surface area (Å²) in [7, 11) is 0. The number of aromatic nitrogens is 2. The van der Waals surface area contributed by atoms with Crippen molar-refractivity contribution < 1.29 is 0 Å². The number of fused-ring (bicyclic) bond motifs is 1. The van der Waals surface area contributed by atoms with E-state index in [0.29, 0.717) is 6.54 Å². The molecule has 0 radical (unpaired) electrons. The van der Waals surface area contributed by atoms with Crippen molar-refractivity contribution in [2.24, 2.45) is 5.73 Å². The Morgan fingerprint density at radius 2 is 1.95 bits per heavy atom. The highest BCUT2D eigenvalue weighted by atomic mass is 35.5. The highest BCUT2D eigenvalue weighted by Gasteiger charge is 2.12. The summed E-state index contributed by atoms with van der Waals surface area (Å²) in [6, 6.07) is 12.1. The van der Waals surface area contributed by atoms with Gasteiger partial charge >= 0.3 is 0 Å². The Kier molecular flexibility index (Phi) is 3.95. The first-order valence-electron chi connectivity index (χ1n) is 7.08. The van der Waals surface area contributed by atoms with E-state index in [1.165, 1.54) is 16.8 Å². The second-order valence-corrected chi connectivity index (χ2v) is 5.72. The number of benzene rings is 1. The molecule has 108 valence electrons. The van der Waals surface area contributed by atoms with E-state index >= 15 is 0 Å². The van der Waals surface area contributed by atoms with Gasteiger partial charge in [0, 0.05) is 29.8 Å². The van der Waals surface area contributed by atoms with Gasteiger partial charge in [-0.25, -0.2) is 4.98 Å². The first-order chi connectivity index (χ1) is 10.2. The minimum absolute atomic E-state index is 0.620. The summed E-state index contributed by atoms with van der Waals surface area (Å²) < 4.78 is 2.14. The highest BCUT2D eigenvalue weighted by molar-refractivity contribution is 6.30. The molecule has 21 heavy (non-hydrogen) atoms. The Hall–Kier alpha value is -1.84. The van der Waals surface area contributed by atoms with Crippen LogP contribution in [0.1, 0.15) is 22.5 Å². The molecule has 0 unspecified atom stereocenters. The summed E-state index contributed by atoms with van der Waals surface area (Å²) >= 11 is 5.94. The molecular formula is C17H18ClN3. The number of hydrogen-bond donors (Lipinski definition) is 1. The topological polar surface area (TPSA) is 43.3 Å². The Labute approximate surface area is 129 Å². The quantitative estimate of drug-likeness (QED) is 0.802. The van der Waals surface area contributed by atoms with Gasteiger partial charge in [-0.2, -0.15) is 0 Å². The third-order valence-corrected chi connectivity index (χ3v) is 3.88. The van der Waals surface area contributed by atoms with Crippen LogP contribution < -0.4 is 5.73 Å². The van der Waals surface area contributed by atoms with Crippen molar-refractivity contribution in [2.75, 3.05) is 6.54 Å². The summed E-state index contributed by atoms with van der Waals surface area (Å²) in [6.07, 6.45) is 3.70. The van der Waals surface area contributed by atoms with Gasteiger partial charge in [0.2, 0.25) is 0 Å². The number of halogens is 1. The molecule has 0 amide bonds. The van der Waals surface area contributed by atoms with Gasteiger partial charge < -0.3 is 10.1 Å². The maximum absolute atomic E-state index is 5.94. The maximum Gasteiger partial charge on any atom is 0.137 e. The zero-order valence-corrected chi connectivity index (χ0v) is 12.8. The molecule has 2 N–H and O–H groups in total. The molecule has 0 aliphatic carbocycles. The predicted octanol–water partition coefficient (Wildman–Crippen LogP) is 3.39. The Balaban J connectivity index is 2.03. The largest absolute Gasteiger partial charge is 0.330 e. The van der Waals surface area contributed by atoms with E-state index in [0.717, 1.165) is 29.2 Å². The van der Waals surface area contributed by atoms with Gasteiger partial charge in [0.1, 0.15) is 5.65 Å². The lowest BCUT2D eigenvalue weighted by Gasteiger charge is -2.04. The molecule has 1 aromatic carbocycles. The van der Waals surface area contributed by atoms with Crippen molar-refractivity contribution in [1.29, 1.82) is 0 Å². The van der Waals surface area contributed by atoms with E-state index < -0.39 is 0 Å². The third kappa shape index (κ3) is 2.94. The summed E-state index contributed by atoms with van der Waals surface area (Å²) in [5, 5.41) is 0.756. The molecule has 0 atom stereocenters. The van der Waals surface area contributed by atoms with E-state index in [2.05, 4.69) is 29.7 Å². The van der Waals surface area contributed by atoms with Crippen LogP contribution in [0, 0.1) is 6.92 Å². The van der Waals surface area contributed by atoms with Crippen LogP contribution in [0.2, 0.25) is 5.02 Å². The molecule has 3 rings (SSSR count). The lowest BCUT2D eigenvalue weighted by molar-refractivity contribution is 0.882. The molecule has 0 spiro atoms. The van der Waals surface area contributed by atoms with Gasteiger partial charge in [0.25, 0.3) is 0 Å². The minimum Gasteiger partial charge on any atom is -0.330 e. The maximum atomic E-state index is 5.94. The van der Waals surface area contributed by atoms with E-state index in [4.69, 9.17) is 22.3 Å². The van der Waals surface area contributed by atoms with E-state index in [1.807, 2.05) is 24.3 Å². The molecule has 2 aromatic heterocycles. The van der Waals surface area contributed by atoms with Crippen LogP contribution >= 0.6 is 11.6 Å². The average Bonchev–Trinajstić information content (AvgIpc) is 2.79. The number of pyridine rings is 1. The summed E-state index contributed by atoms with van der Waals surface area (Å²) in [5.74, 6) is 0. The fourth-order valence-corrected chi connectivity index (χ4v) is 2.71. The molecular weight excluding hydrogens is 282 g/mol. The Morgan fingerprint density at radius 1 is 1.19 bits per heavy atom. The van der Waals surface area contributed by atoms with Gasteiger partial charge in [-0.3, -0.25) is 0 Å². The molecule has 0 bridgehead atoms. The van der Waals surface area contributed by atoms with Gasteiger partial charge in [-0.1, -0.05) is 23.7 Å². The van der Waals surface area contributed by atoms with Crippen LogP contribution in [-0.4, -0.2) is 15.9 Å². The summed E-state index contributed by atoms with van der Waals surface area (Å²) in [5.41, 5.74) is 11.5. The molecule has 0 saturated heterocycles. The molecule has 0 aliphatic heterocycles. The van der Waals surface area contributed by atoms with Crippen LogP contribution in [0.15, 0.2) is 42.6 Å². The first kappa shape index (κ1) is 14.1. The first-order valence-corrected chi connectivity index (χ1v) is 7.46. The molecule has 3 aromatic rings. The summed E-state index contributed by atoms with van der Waals surface area (Å²) in [6.45, 7) is 2.70. The number of hydrogen-bond acceptors (Lipinski definition) is 2. The average molecular weight is 300 g/mol. The standard InChI is InChI=1S/C17H18ClN3/c1-12-7-9-21-16(6-8-19)15(20-17(21)10-12)11-13-2-4-14(18)5-3-13/h2-5,7,9-10H,6,8,11,19H2,1H3. The fourth-order valence-electron chi connectivity index (χ4n) is 2.58. The monoisotopic (exact) mass is 299 g/mol. The number of nitrogens with two attached hydrogens (primary N) is 1. The van der Waals surface area contributed by atoms with Crippen molar-refractivity contribution in [3.8, 4) is 0 Å². The van der Waals surface area contributed by atoms with Crippen LogP contribution in [0.4, 0.5) is 0 Å². The van der Waals surface area contributed by atoms with Gasteiger partial charge in [-0.05, 0) is 48.9 Å². The van der Waals surface area contributed by atoms with Crippen molar-refractivity contribution in [2.45, 2.75) is 19.8 Å². The van der Waals surface area contributed by atoms with E-state index in [9.17, 15) is 0 Å². The second-order valence-electron chi connectivity index (χ2n) is 5.28. The number of rotatable bonds is 4. The van der Waals surface area contributed by atoms with Crippen molar-refractivity contribution in [3.63, 3.8) is 0 Å². The van der Waals surface area contributed by atoms with Crippen molar-refractivity contribution in [3.05, 3.63) is 70.1 Å². The molecule has 0 fully saturated rings. The lowest BCUT2D eigenvalue weighted by atomic mass is 10.1. The fraction of sp³-hybridized carbons (Fsp3) is 0.235. The van der Waals surface area contributed by atoms with Gasteiger partial charge in [0.05, 0.1) is 5.69 Å². The van der Waals surface area contributed by atoms with Crippen molar-refractivity contribution >= 4 is 17.2 Å². The zero-order valence-electron chi connectivity index (χ0n) is 12.0. The molecule has 3 nitrogen and oxygen atoms in total. The Morgan fingerprint density at radius 3 is 2.67 bits per heavy atom. The molecule has 2 heterocycles. The Bertz CT molecular complexity index is 760. The van der Waals surface area contributed by atoms with E-state index in [-0.39, 0.29) is 0 Å². The summed E-state index contributed by atoms with van der Waals surface area (Å²) in [4.78, 5) is 4.78. The second kappa shape index (κ2) is 5.88. The predicted molar refractivity (Wildman–Crippen MR) is 86.9 cm³/mol. The number of aryl methyl sites for hydroxylation is 1. The highest BCUT2D eigenvalue weighted by Crippen LogP contribution is 2.19. The van der Waals surface area contributed by atoms with Crippen LogP contribution in [0.5, 0.6) is 0 Å².